The molecule has 1 amide bonds. The van der Waals surface area contributed by atoms with Gasteiger partial charge in [0.15, 0.2) is 0 Å². The molecule has 0 bridgehead atoms. The van der Waals surface area contributed by atoms with Gasteiger partial charge < -0.3 is 15.0 Å². The number of nitrogens with one attached hydrogen (secondary N) is 2. The number of fused-ring (bicyclic) bond motifs is 2. The van der Waals surface area contributed by atoms with Crippen molar-refractivity contribution in [3.63, 3.8) is 0 Å². The number of aromatic nitrogens is 1. The molecular weight excluding hydrogens is 612 g/mol. The van der Waals surface area contributed by atoms with Gasteiger partial charge >= 0.3 is 0 Å². The maximum Gasteiger partial charge on any atom is 0.262 e. The summed E-state index contributed by atoms with van der Waals surface area (Å²) in [6.45, 7) is 0.620. The first-order chi connectivity index (χ1) is 21.6. The second-order valence-electron chi connectivity index (χ2n) is 10.9. The average Bonchev–Trinajstić information content (AvgIpc) is 3.39. The topological polar surface area (TPSA) is 110 Å². The molecule has 0 atom stereocenters. The van der Waals surface area contributed by atoms with Crippen LogP contribution >= 0.6 is 11.6 Å². The molecule has 5 rings (SSSR count). The summed E-state index contributed by atoms with van der Waals surface area (Å²) < 4.78 is 35.9. The van der Waals surface area contributed by atoms with E-state index in [2.05, 4.69) is 10.0 Å². The van der Waals surface area contributed by atoms with Gasteiger partial charge in [0, 0.05) is 65.8 Å². The summed E-state index contributed by atoms with van der Waals surface area (Å²) in [6.07, 6.45) is 2.87. The number of rotatable bonds is 12. The van der Waals surface area contributed by atoms with Crippen LogP contribution in [0.15, 0.2) is 90.0 Å². The van der Waals surface area contributed by atoms with Crippen LogP contribution in [0.25, 0.3) is 21.7 Å². The lowest BCUT2D eigenvalue weighted by molar-refractivity contribution is -0.120. The molecule has 11 heteroatoms. The Bertz CT molecular complexity index is 1970. The van der Waals surface area contributed by atoms with E-state index in [1.807, 2.05) is 49.3 Å². The second-order valence-corrected chi connectivity index (χ2v) is 13.0. The number of methoxy groups -OCH3 is 1. The van der Waals surface area contributed by atoms with E-state index in [-0.39, 0.29) is 29.7 Å². The molecule has 2 N–H and O–H groups in total. The van der Waals surface area contributed by atoms with Gasteiger partial charge in [-0.2, -0.15) is 0 Å². The minimum absolute atomic E-state index is 0.0627. The first-order valence-corrected chi connectivity index (χ1v) is 16.4. The van der Waals surface area contributed by atoms with E-state index in [9.17, 15) is 18.0 Å². The van der Waals surface area contributed by atoms with E-state index in [0.717, 1.165) is 16.5 Å². The predicted octanol–water partition coefficient (Wildman–Crippen LogP) is 5.63. The number of anilines is 1. The molecule has 1 aromatic heterocycles. The summed E-state index contributed by atoms with van der Waals surface area (Å²) in [5.74, 6) is 0.173. The van der Waals surface area contributed by atoms with E-state index >= 15 is 0 Å². The summed E-state index contributed by atoms with van der Waals surface area (Å²) >= 11 is 5.99. The Balaban J connectivity index is 1.18. The average molecular weight is 647 g/mol. The molecule has 9 nitrogen and oxygen atoms in total. The number of carbonyl (C=O) groups is 2. The van der Waals surface area contributed by atoms with Crippen LogP contribution < -0.4 is 19.7 Å². The van der Waals surface area contributed by atoms with Gasteiger partial charge in [-0.3, -0.25) is 14.2 Å². The number of unbranched alkanes of at least 4 members (excludes halogenated alkanes) is 1. The molecule has 234 valence electrons. The minimum atomic E-state index is -3.73. The Kier molecular flexibility index (Phi) is 9.77. The zero-order valence-corrected chi connectivity index (χ0v) is 26.9. The highest BCUT2D eigenvalue weighted by molar-refractivity contribution is 7.89. The number of ether oxygens (including phenoxy) is 1. The third kappa shape index (κ3) is 7.14. The van der Waals surface area contributed by atoms with Gasteiger partial charge in [0.25, 0.3) is 5.91 Å². The first-order valence-electron chi connectivity index (χ1n) is 14.5. The number of carbonyl (C=O) groups excluding carboxylic acids is 2. The van der Waals surface area contributed by atoms with E-state index in [1.54, 1.807) is 61.8 Å². The number of nitrogens with zero attached hydrogens (tertiary/aromatic N) is 2. The van der Waals surface area contributed by atoms with Gasteiger partial charge in [-0.05, 0) is 73.0 Å². The van der Waals surface area contributed by atoms with Crippen molar-refractivity contribution < 1.29 is 22.7 Å². The SMILES string of the molecule is COc1ccc2c(c1)c(CC(=O)NCCCCNS(=O)(=O)c1cccc3c(N(C)C)cccc13)cn2C(=O)c1ccc(Cl)cc1. The monoisotopic (exact) mass is 646 g/mol. The molecule has 0 aliphatic carbocycles. The van der Waals surface area contributed by atoms with E-state index in [1.165, 1.54) is 4.57 Å². The maximum absolute atomic E-state index is 13.3. The summed E-state index contributed by atoms with van der Waals surface area (Å²) in [7, 11) is 1.68. The third-order valence-corrected chi connectivity index (χ3v) is 9.37. The number of halogens is 1. The lowest BCUT2D eigenvalue weighted by Gasteiger charge is -2.17. The standard InChI is InChI=1S/C34H35ClN4O5S/c1-38(2)30-10-6-9-28-27(30)8-7-11-32(28)45(42,43)37-19-5-4-18-36-33(40)20-24-22-39(31-17-16-26(44-3)21-29(24)31)34(41)23-12-14-25(35)15-13-23/h6-17,21-22,37H,4-5,18-20H2,1-3H3,(H,36,40). The van der Waals surface area contributed by atoms with Gasteiger partial charge in [0.1, 0.15) is 5.75 Å². The van der Waals surface area contributed by atoms with Crippen LogP contribution in [0.2, 0.25) is 5.02 Å². The zero-order valence-electron chi connectivity index (χ0n) is 25.3. The summed E-state index contributed by atoms with van der Waals surface area (Å²) in [5.41, 5.74) is 2.76. The lowest BCUT2D eigenvalue weighted by Crippen LogP contribution is -2.28. The molecule has 45 heavy (non-hydrogen) atoms. The van der Waals surface area contributed by atoms with Gasteiger partial charge in [0.2, 0.25) is 15.9 Å². The fraction of sp³-hybridized carbons (Fsp3) is 0.235. The highest BCUT2D eigenvalue weighted by atomic mass is 35.5. The second kappa shape index (κ2) is 13.7. The summed E-state index contributed by atoms with van der Waals surface area (Å²) in [5, 5.41) is 5.72. The molecule has 5 aromatic rings. The Labute approximate surface area is 267 Å². The number of sulfonamides is 1. The molecule has 4 aromatic carbocycles. The van der Waals surface area contributed by atoms with Gasteiger partial charge in [0.05, 0.1) is 23.9 Å². The van der Waals surface area contributed by atoms with E-state index in [4.69, 9.17) is 16.3 Å². The first kappa shape index (κ1) is 32.0. The van der Waals surface area contributed by atoms with Crippen molar-refractivity contribution in [1.29, 1.82) is 0 Å². The quantitative estimate of drug-likeness (QED) is 0.170. The molecular formula is C34H35ClN4O5S. The zero-order chi connectivity index (χ0) is 32.1. The van der Waals surface area contributed by atoms with Crippen molar-refractivity contribution in [2.45, 2.75) is 24.2 Å². The minimum Gasteiger partial charge on any atom is -0.497 e. The van der Waals surface area contributed by atoms with Crippen LogP contribution in [0.3, 0.4) is 0 Å². The van der Waals surface area contributed by atoms with Crippen LogP contribution in [0.1, 0.15) is 28.8 Å². The number of hydrogen-bond acceptors (Lipinski definition) is 6. The Hall–Kier alpha value is -4.38. The fourth-order valence-electron chi connectivity index (χ4n) is 5.33. The van der Waals surface area contributed by atoms with E-state index in [0.29, 0.717) is 52.2 Å². The van der Waals surface area contributed by atoms with Crippen molar-refractivity contribution in [2.75, 3.05) is 39.2 Å². The normalized spacial score (nSPS) is 11.6. The molecule has 1 heterocycles. The van der Waals surface area contributed by atoms with Crippen molar-refractivity contribution in [3.8, 4) is 5.75 Å². The molecule has 0 fully saturated rings. The van der Waals surface area contributed by atoms with Gasteiger partial charge in [-0.15, -0.1) is 0 Å². The number of hydrogen-bond donors (Lipinski definition) is 2. The molecule has 0 aliphatic rings. The number of benzene rings is 4. The van der Waals surface area contributed by atoms with Crippen LogP contribution in [0.4, 0.5) is 5.69 Å². The van der Waals surface area contributed by atoms with Crippen molar-refractivity contribution in [3.05, 3.63) is 101 Å². The summed E-state index contributed by atoms with van der Waals surface area (Å²) in [6, 6.07) is 22.9. The Morgan fingerprint density at radius 2 is 1.60 bits per heavy atom. The molecule has 0 aliphatic heterocycles. The predicted molar refractivity (Wildman–Crippen MR) is 179 cm³/mol. The van der Waals surface area contributed by atoms with Crippen molar-refractivity contribution in [1.82, 2.24) is 14.6 Å². The number of amides is 1. The van der Waals surface area contributed by atoms with Crippen molar-refractivity contribution in [2.24, 2.45) is 0 Å². The molecule has 0 spiro atoms. The van der Waals surface area contributed by atoms with Gasteiger partial charge in [-0.1, -0.05) is 35.9 Å². The summed E-state index contributed by atoms with van der Waals surface area (Å²) in [4.78, 5) is 28.4. The Morgan fingerprint density at radius 1 is 0.889 bits per heavy atom. The molecule has 0 unspecified atom stereocenters. The highest BCUT2D eigenvalue weighted by Crippen LogP contribution is 2.30. The van der Waals surface area contributed by atoms with Crippen LogP contribution in [0, 0.1) is 0 Å². The largest absolute Gasteiger partial charge is 0.497 e. The lowest BCUT2D eigenvalue weighted by atomic mass is 10.1. The van der Waals surface area contributed by atoms with E-state index < -0.39 is 10.0 Å². The smallest absolute Gasteiger partial charge is 0.262 e. The van der Waals surface area contributed by atoms with Crippen molar-refractivity contribution >= 4 is 60.8 Å². The fourth-order valence-corrected chi connectivity index (χ4v) is 6.75. The molecule has 0 radical (unpaired) electrons. The van der Waals surface area contributed by atoms with Crippen LogP contribution in [-0.2, 0) is 21.2 Å². The molecule has 0 saturated carbocycles. The molecule has 0 saturated heterocycles. The maximum atomic E-state index is 13.3. The highest BCUT2D eigenvalue weighted by Gasteiger charge is 2.19. The van der Waals surface area contributed by atoms with Crippen LogP contribution in [-0.4, -0.2) is 59.1 Å². The Morgan fingerprint density at radius 3 is 2.33 bits per heavy atom. The van der Waals surface area contributed by atoms with Crippen LogP contribution in [0.5, 0.6) is 5.75 Å². The third-order valence-electron chi connectivity index (χ3n) is 7.60. The van der Waals surface area contributed by atoms with Gasteiger partial charge in [-0.25, -0.2) is 13.1 Å².